The smallest absolute Gasteiger partial charge is 0.374 e. The summed E-state index contributed by atoms with van der Waals surface area (Å²) >= 11 is 0. The number of hydrogen-bond donors (Lipinski definition) is 0. The van der Waals surface area contributed by atoms with Crippen molar-refractivity contribution in [3.63, 3.8) is 0 Å². The molecule has 0 aliphatic rings. The van der Waals surface area contributed by atoms with E-state index in [-0.39, 0.29) is 11.4 Å². The summed E-state index contributed by atoms with van der Waals surface area (Å²) in [7, 11) is 0.938. The molecule has 1 aromatic carbocycles. The fourth-order valence-electron chi connectivity index (χ4n) is 1.87. The van der Waals surface area contributed by atoms with Gasteiger partial charge in [0, 0.05) is 10.9 Å². The monoisotopic (exact) mass is 290 g/mol. The highest BCUT2D eigenvalue weighted by Crippen LogP contribution is 2.42. The first-order chi connectivity index (χ1) is 9.43. The van der Waals surface area contributed by atoms with Gasteiger partial charge in [-0.05, 0) is 20.5 Å². The molecule has 0 aliphatic carbocycles. The van der Waals surface area contributed by atoms with Crippen LogP contribution in [0.2, 0.25) is 0 Å². The Hall–Kier alpha value is -1.60. The zero-order valence-electron chi connectivity index (χ0n) is 12.3. The molecular formula is C16H19O3P. The molecule has 4 heteroatoms. The van der Waals surface area contributed by atoms with E-state index >= 15 is 0 Å². The van der Waals surface area contributed by atoms with E-state index in [0.29, 0.717) is 12.4 Å². The Balaban J connectivity index is 2.50. The van der Waals surface area contributed by atoms with Gasteiger partial charge in [-0.3, -0.25) is 0 Å². The van der Waals surface area contributed by atoms with Crippen LogP contribution >= 0.6 is 8.19 Å². The fraction of sp³-hybridized carbons (Fsp3) is 0.375. The molecule has 2 rings (SSSR count). The molecule has 2 aromatic rings. The van der Waals surface area contributed by atoms with Crippen LogP contribution in [0.5, 0.6) is 0 Å². The Labute approximate surface area is 121 Å². The van der Waals surface area contributed by atoms with E-state index < -0.39 is 0 Å². The van der Waals surface area contributed by atoms with Crippen LogP contribution in [0.4, 0.5) is 0 Å². The largest absolute Gasteiger partial charge is 0.460 e. The van der Waals surface area contributed by atoms with Crippen molar-refractivity contribution in [3.8, 4) is 11.1 Å². The highest BCUT2D eigenvalue weighted by Gasteiger charge is 2.28. The van der Waals surface area contributed by atoms with Gasteiger partial charge in [-0.15, -0.1) is 0 Å². The van der Waals surface area contributed by atoms with Gasteiger partial charge in [0.1, 0.15) is 0 Å². The minimum absolute atomic E-state index is 0.139. The molecule has 0 N–H and O–H groups in total. The van der Waals surface area contributed by atoms with Crippen LogP contribution in [0.1, 0.15) is 43.5 Å². The van der Waals surface area contributed by atoms with Crippen LogP contribution in [-0.4, -0.2) is 12.6 Å². The lowest BCUT2D eigenvalue weighted by Gasteiger charge is -2.16. The number of carbonyl (C=O) groups is 1. The zero-order chi connectivity index (χ0) is 14.8. The number of ether oxygens (including phenoxy) is 1. The maximum atomic E-state index is 12.1. The van der Waals surface area contributed by atoms with Gasteiger partial charge >= 0.3 is 5.97 Å². The summed E-state index contributed by atoms with van der Waals surface area (Å²) in [4.78, 5) is 12.1. The van der Waals surface area contributed by atoms with Gasteiger partial charge in [0.2, 0.25) is 5.76 Å². The predicted molar refractivity (Wildman–Crippen MR) is 81.3 cm³/mol. The second kappa shape index (κ2) is 5.80. The molecule has 20 heavy (non-hydrogen) atoms. The summed E-state index contributed by atoms with van der Waals surface area (Å²) in [6, 6.07) is 9.84. The number of carbonyl (C=O) groups excluding carboxylic acids is 1. The zero-order valence-corrected chi connectivity index (χ0v) is 13.2. The molecule has 0 fully saturated rings. The molecule has 0 bridgehead atoms. The second-order valence-electron chi connectivity index (χ2n) is 5.53. The molecule has 0 spiro atoms. The van der Waals surface area contributed by atoms with Crippen molar-refractivity contribution < 1.29 is 13.9 Å². The van der Waals surface area contributed by atoms with Crippen LogP contribution in [-0.2, 0) is 10.2 Å². The molecule has 3 nitrogen and oxygen atoms in total. The van der Waals surface area contributed by atoms with Gasteiger partial charge in [0.15, 0.2) is 5.49 Å². The van der Waals surface area contributed by atoms with Crippen LogP contribution in [0, 0.1) is 0 Å². The van der Waals surface area contributed by atoms with Gasteiger partial charge in [-0.2, -0.15) is 0 Å². The topological polar surface area (TPSA) is 39.4 Å². The van der Waals surface area contributed by atoms with Crippen molar-refractivity contribution in [2.45, 2.75) is 33.1 Å². The van der Waals surface area contributed by atoms with Crippen molar-refractivity contribution in [2.75, 3.05) is 6.61 Å². The number of hydrogen-bond acceptors (Lipinski definition) is 3. The van der Waals surface area contributed by atoms with Crippen molar-refractivity contribution in [1.82, 2.24) is 0 Å². The number of benzene rings is 1. The van der Waals surface area contributed by atoms with Gasteiger partial charge in [-0.1, -0.05) is 51.1 Å². The molecule has 0 amide bonds. The Bertz CT molecular complexity index is 594. The highest BCUT2D eigenvalue weighted by atomic mass is 31.0. The van der Waals surface area contributed by atoms with Gasteiger partial charge in [0.05, 0.1) is 6.61 Å². The quantitative estimate of drug-likeness (QED) is 0.747. The lowest BCUT2D eigenvalue weighted by Crippen LogP contribution is -2.15. The Morgan fingerprint density at radius 1 is 1.25 bits per heavy atom. The third kappa shape index (κ3) is 3.10. The van der Waals surface area contributed by atoms with Crippen LogP contribution in [0.15, 0.2) is 34.7 Å². The lowest BCUT2D eigenvalue weighted by atomic mass is 9.93. The van der Waals surface area contributed by atoms with E-state index in [4.69, 9.17) is 9.15 Å². The minimum Gasteiger partial charge on any atom is -0.460 e. The first kappa shape index (κ1) is 14.8. The van der Waals surface area contributed by atoms with E-state index in [0.717, 1.165) is 24.5 Å². The second-order valence-corrected chi connectivity index (χ2v) is 6.61. The summed E-state index contributed by atoms with van der Waals surface area (Å²) in [6.45, 7) is 8.37. The molecular weight excluding hydrogens is 271 g/mol. The van der Waals surface area contributed by atoms with E-state index in [1.807, 2.05) is 30.3 Å². The molecule has 0 radical (unpaired) electrons. The number of rotatable bonds is 3. The molecule has 0 aliphatic heterocycles. The maximum Gasteiger partial charge on any atom is 0.374 e. The number of esters is 1. The van der Waals surface area contributed by atoms with Crippen molar-refractivity contribution in [3.05, 3.63) is 41.4 Å². The predicted octanol–water partition coefficient (Wildman–Crippen LogP) is 5.00. The Morgan fingerprint density at radius 3 is 2.45 bits per heavy atom. The SMILES string of the molecule is CCOC(=O)c1oc(-c2ccccc2)pc1C(C)(C)C. The van der Waals surface area contributed by atoms with Crippen molar-refractivity contribution >= 4 is 14.2 Å². The van der Waals surface area contributed by atoms with Crippen LogP contribution in [0.3, 0.4) is 0 Å². The van der Waals surface area contributed by atoms with Gasteiger partial charge < -0.3 is 9.15 Å². The average Bonchev–Trinajstić information content (AvgIpc) is 2.85. The molecule has 106 valence electrons. The standard InChI is InChI=1S/C16H19O3P/c1-5-18-14(17)12-13(16(2,3)4)20-15(19-12)11-9-7-6-8-10-11/h6-10H,5H2,1-4H3. The van der Waals surface area contributed by atoms with E-state index in [2.05, 4.69) is 20.8 Å². The lowest BCUT2D eigenvalue weighted by molar-refractivity contribution is 0.0487. The van der Waals surface area contributed by atoms with Gasteiger partial charge in [-0.25, -0.2) is 4.79 Å². The summed E-state index contributed by atoms with van der Waals surface area (Å²) in [6.07, 6.45) is 0. The minimum atomic E-state index is -0.379. The van der Waals surface area contributed by atoms with Crippen molar-refractivity contribution in [1.29, 1.82) is 0 Å². The molecule has 0 unspecified atom stereocenters. The first-order valence-electron chi connectivity index (χ1n) is 6.67. The van der Waals surface area contributed by atoms with E-state index in [9.17, 15) is 4.79 Å². The molecule has 0 saturated heterocycles. The highest BCUT2D eigenvalue weighted by molar-refractivity contribution is 7.34. The molecule has 0 saturated carbocycles. The summed E-state index contributed by atoms with van der Waals surface area (Å²) in [5.41, 5.74) is 1.65. The first-order valence-corrected chi connectivity index (χ1v) is 7.56. The van der Waals surface area contributed by atoms with E-state index in [1.54, 1.807) is 6.92 Å². The maximum absolute atomic E-state index is 12.1. The summed E-state index contributed by atoms with van der Waals surface area (Å²) < 4.78 is 10.9. The average molecular weight is 290 g/mol. The third-order valence-electron chi connectivity index (χ3n) is 2.82. The van der Waals surface area contributed by atoms with Crippen molar-refractivity contribution in [2.24, 2.45) is 0 Å². The third-order valence-corrected chi connectivity index (χ3v) is 4.47. The Morgan fingerprint density at radius 2 is 1.90 bits per heavy atom. The fourth-order valence-corrected chi connectivity index (χ4v) is 3.06. The normalized spacial score (nSPS) is 11.8. The molecule has 1 heterocycles. The van der Waals surface area contributed by atoms with Gasteiger partial charge in [0.25, 0.3) is 0 Å². The van der Waals surface area contributed by atoms with Crippen LogP contribution < -0.4 is 0 Å². The van der Waals surface area contributed by atoms with E-state index in [1.165, 1.54) is 0 Å². The Kier molecular flexibility index (Phi) is 4.29. The molecule has 0 atom stereocenters. The summed E-state index contributed by atoms with van der Waals surface area (Å²) in [5, 5.41) is 0.967. The summed E-state index contributed by atoms with van der Waals surface area (Å²) in [5.74, 6) is -0.0317. The molecule has 1 aromatic heterocycles. The van der Waals surface area contributed by atoms with Crippen LogP contribution in [0.25, 0.3) is 11.1 Å².